The van der Waals surface area contributed by atoms with E-state index in [0.717, 1.165) is 25.7 Å². The van der Waals surface area contributed by atoms with E-state index < -0.39 is 0 Å². The van der Waals surface area contributed by atoms with Crippen LogP contribution in [0, 0.1) is 35.1 Å². The first-order valence-corrected chi connectivity index (χ1v) is 31.9. The van der Waals surface area contributed by atoms with Gasteiger partial charge in [-0.25, -0.2) is 12.2 Å². The predicted molar refractivity (Wildman–Crippen MR) is 327 cm³/mol. The Balaban J connectivity index is 0.000000260. The van der Waals surface area contributed by atoms with Gasteiger partial charge in [-0.05, 0) is 34.8 Å². The zero-order valence-corrected chi connectivity index (χ0v) is 58.6. The summed E-state index contributed by atoms with van der Waals surface area (Å²) in [6.45, 7) is 40.9. The third kappa shape index (κ3) is 20.7. The van der Waals surface area contributed by atoms with Crippen molar-refractivity contribution in [2.24, 2.45) is 10.8 Å². The maximum absolute atomic E-state index is 3.53. The molecule has 0 N–H and O–H groups in total. The van der Waals surface area contributed by atoms with Crippen molar-refractivity contribution in [3.63, 3.8) is 0 Å². The molecule has 6 aliphatic rings. The summed E-state index contributed by atoms with van der Waals surface area (Å²) in [5.41, 5.74) is 21.2. The SMILES string of the molecule is CC(C)(C)c1c[c-]c2c(c1)-c1cc(C(C)(C)C)ccc1C2.CC(C)(C)c1c[c-]c2c(c1)-c1cc(C(C)(C)C)ccc1C2.CCC(C)(C)C1=CC[C-]=C1.CCC(C)(C)C1=CC[C-]=C1.[Cl-].[Cl-].[Zr+2]=[C]1CCCCC1.[Zr+2]=[C]1CCCCC1. The molecule has 0 saturated heterocycles. The molecule has 2 fully saturated rings. The zero-order chi connectivity index (χ0) is 56.3. The standard InChI is InChI=1S/2C21H25.2C10H15.2C6H10.2ClH.2Zr/c2*1-20(2,3)16-9-7-14-11-15-8-10-17(21(4,5)6)13-19(15)18(14)12-16;2*1-4-10(2,3)9-7-5-6-8-9;2*1-2-4-6-5-3-1;;;;/h2*7,9-10,12-13H,11H2,1-6H3;2*7-8H,4-5H2,1-3H3;2*1-5H2;2*1H;;/q4*-1;;;;;2*+2/p-2. The molecule has 420 valence electrons. The molecule has 0 unspecified atom stereocenters. The number of hydrogen-bond donors (Lipinski definition) is 0. The van der Waals surface area contributed by atoms with Crippen LogP contribution in [0.4, 0.5) is 0 Å². The summed E-state index contributed by atoms with van der Waals surface area (Å²) in [5.74, 6) is 0. The number of halogens is 2. The Morgan fingerprint density at radius 3 is 0.962 bits per heavy atom. The van der Waals surface area contributed by atoms with E-state index in [1.807, 2.05) is 0 Å². The zero-order valence-electron chi connectivity index (χ0n) is 52.2. The van der Waals surface area contributed by atoms with Crippen LogP contribution in [0.25, 0.3) is 22.3 Å². The van der Waals surface area contributed by atoms with Crippen molar-refractivity contribution in [1.29, 1.82) is 0 Å². The average Bonchev–Trinajstić information content (AvgIpc) is 4.23. The van der Waals surface area contributed by atoms with Crippen molar-refractivity contribution < 1.29 is 73.3 Å². The van der Waals surface area contributed by atoms with Crippen molar-refractivity contribution in [2.75, 3.05) is 0 Å². The second-order valence-electron chi connectivity index (χ2n) is 27.9. The Morgan fingerprint density at radius 2 is 0.718 bits per heavy atom. The quantitative estimate of drug-likeness (QED) is 0.154. The minimum absolute atomic E-state index is 0. The van der Waals surface area contributed by atoms with Gasteiger partial charge >= 0.3 is 119 Å². The van der Waals surface area contributed by atoms with Gasteiger partial charge in [-0.1, -0.05) is 218 Å². The number of benzene rings is 4. The Labute approximate surface area is 522 Å². The topological polar surface area (TPSA) is 0 Å². The average molecular weight is 1240 g/mol. The molecule has 78 heavy (non-hydrogen) atoms. The summed E-state index contributed by atoms with van der Waals surface area (Å²) in [4.78, 5) is 0. The van der Waals surface area contributed by atoms with E-state index in [1.54, 1.807) is 54.9 Å². The summed E-state index contributed by atoms with van der Waals surface area (Å²) >= 11 is 3.38. The van der Waals surface area contributed by atoms with E-state index in [1.165, 1.54) is 155 Å². The molecule has 0 nitrogen and oxygen atoms in total. The van der Waals surface area contributed by atoms with Crippen LogP contribution in [0.15, 0.2) is 96.1 Å². The van der Waals surface area contributed by atoms with Gasteiger partial charge in [0.25, 0.3) is 0 Å². The Hall–Kier alpha value is -2.07. The minimum atomic E-state index is 0. The van der Waals surface area contributed by atoms with E-state index in [4.69, 9.17) is 0 Å². The summed E-state index contributed by atoms with van der Waals surface area (Å²) < 4.78 is 3.61. The molecule has 4 aromatic rings. The van der Waals surface area contributed by atoms with Crippen molar-refractivity contribution >= 4 is 6.41 Å². The van der Waals surface area contributed by atoms with Gasteiger partial charge in [0.15, 0.2) is 0 Å². The fourth-order valence-corrected chi connectivity index (χ4v) is 11.8. The molecule has 0 heterocycles. The van der Waals surface area contributed by atoms with Crippen LogP contribution in [0.2, 0.25) is 0 Å². The van der Waals surface area contributed by atoms with E-state index in [2.05, 4.69) is 234 Å². The molecule has 0 spiro atoms. The van der Waals surface area contributed by atoms with Crippen LogP contribution >= 0.6 is 0 Å². The molecule has 0 bridgehead atoms. The van der Waals surface area contributed by atoms with Gasteiger partial charge < -0.3 is 24.8 Å². The van der Waals surface area contributed by atoms with Gasteiger partial charge in [0.05, 0.1) is 0 Å². The molecule has 4 heteroatoms. The van der Waals surface area contributed by atoms with E-state index >= 15 is 0 Å². The second kappa shape index (κ2) is 30.5. The van der Waals surface area contributed by atoms with Gasteiger partial charge in [0.1, 0.15) is 0 Å². The number of rotatable bonds is 4. The van der Waals surface area contributed by atoms with Gasteiger partial charge in [-0.15, -0.1) is 24.0 Å². The Morgan fingerprint density at radius 1 is 0.410 bits per heavy atom. The van der Waals surface area contributed by atoms with Gasteiger partial charge in [-0.2, -0.15) is 82.0 Å². The first-order chi connectivity index (χ1) is 35.4. The maximum atomic E-state index is 3.53. The van der Waals surface area contributed by atoms with Gasteiger partial charge in [0, 0.05) is 0 Å². The second-order valence-corrected chi connectivity index (χ2v) is 31.4. The molecule has 0 radical (unpaired) electrons. The molecule has 6 aliphatic carbocycles. The summed E-state index contributed by atoms with van der Waals surface area (Å²) in [7, 11) is 0. The molecular formula is C74H100Cl2Zr2-2. The van der Waals surface area contributed by atoms with Crippen LogP contribution in [0.5, 0.6) is 0 Å². The van der Waals surface area contributed by atoms with E-state index in [0.29, 0.717) is 10.8 Å². The first-order valence-electron chi connectivity index (χ1n) is 29.5. The first kappa shape index (κ1) is 70.2. The molecule has 2 saturated carbocycles. The Kier molecular flexibility index (Phi) is 27.4. The predicted octanol–water partition coefficient (Wildman–Crippen LogP) is 14.9. The molecule has 0 aromatic heterocycles. The van der Waals surface area contributed by atoms with Crippen molar-refractivity contribution in [3.05, 3.63) is 165 Å². The molecule has 4 aromatic carbocycles. The Bertz CT molecular complexity index is 2410. The molecule has 10 rings (SSSR count). The van der Waals surface area contributed by atoms with Crippen LogP contribution in [0.3, 0.4) is 0 Å². The van der Waals surface area contributed by atoms with E-state index in [-0.39, 0.29) is 46.5 Å². The summed E-state index contributed by atoms with van der Waals surface area (Å²) in [5, 5.41) is 0. The van der Waals surface area contributed by atoms with Gasteiger partial charge in [-0.3, -0.25) is 12.2 Å². The molecule has 0 aliphatic heterocycles. The number of fused-ring (bicyclic) bond motifs is 6. The normalized spacial score (nSPS) is 16.2. The summed E-state index contributed by atoms with van der Waals surface area (Å²) in [6, 6.07) is 30.1. The monoisotopic (exact) mass is 1240 g/mol. The summed E-state index contributed by atoms with van der Waals surface area (Å²) in [6.07, 6.45) is 36.3. The van der Waals surface area contributed by atoms with Crippen molar-refractivity contribution in [3.8, 4) is 22.3 Å². The van der Waals surface area contributed by atoms with E-state index in [9.17, 15) is 0 Å². The van der Waals surface area contributed by atoms with Crippen LogP contribution in [-0.2, 0) is 83.0 Å². The number of allylic oxidation sites excluding steroid dienone is 8. The van der Waals surface area contributed by atoms with Crippen LogP contribution < -0.4 is 24.8 Å². The fourth-order valence-electron chi connectivity index (χ4n) is 10.1. The fraction of sp³-hybridized carbons (Fsp3) is 0.541. The molecule has 0 amide bonds. The van der Waals surface area contributed by atoms with Crippen LogP contribution in [0.1, 0.15) is 259 Å². The van der Waals surface area contributed by atoms with Crippen LogP contribution in [-0.4, -0.2) is 6.41 Å². The third-order valence-corrected chi connectivity index (χ3v) is 19.2. The van der Waals surface area contributed by atoms with Crippen molar-refractivity contribution in [1.82, 2.24) is 0 Å². The molecular weight excluding hydrogens is 1140 g/mol. The molecule has 0 atom stereocenters. The van der Waals surface area contributed by atoms with Gasteiger partial charge in [0.2, 0.25) is 0 Å². The third-order valence-electron chi connectivity index (χ3n) is 16.7. The van der Waals surface area contributed by atoms with Crippen molar-refractivity contribution in [2.45, 2.75) is 249 Å². The number of hydrogen-bond acceptors (Lipinski definition) is 0.